The van der Waals surface area contributed by atoms with Crippen LogP contribution in [0.3, 0.4) is 0 Å². The van der Waals surface area contributed by atoms with Gasteiger partial charge in [0, 0.05) is 19.3 Å². The van der Waals surface area contributed by atoms with Gasteiger partial charge in [-0.05, 0) is 19.3 Å². The van der Waals surface area contributed by atoms with E-state index >= 15 is 0 Å². The smallest absolute Gasteiger partial charge is 0.335 e. The number of aliphatic hydroxyl groups excluding tert-OH is 2. The fourth-order valence-corrected chi connectivity index (χ4v) is 12.0. The molecule has 502 valence electrons. The van der Waals surface area contributed by atoms with Crippen molar-refractivity contribution in [1.82, 2.24) is 0 Å². The van der Waals surface area contributed by atoms with Gasteiger partial charge in [-0.1, -0.05) is 355 Å². The molecule has 1 aliphatic rings. The second-order valence-electron chi connectivity index (χ2n) is 26.0. The lowest BCUT2D eigenvalue weighted by Crippen LogP contribution is -2.61. The summed E-state index contributed by atoms with van der Waals surface area (Å²) in [6, 6.07) is 0. The Bertz CT molecular complexity index is 1480. The number of carbonyl (C=O) groups excluding carboxylic acids is 3. The van der Waals surface area contributed by atoms with Crippen LogP contribution in [-0.2, 0) is 42.9 Å². The van der Waals surface area contributed by atoms with Gasteiger partial charge in [-0.15, -0.1) is 0 Å². The Morgan fingerprint density at radius 1 is 0.341 bits per heavy atom. The number of aliphatic hydroxyl groups is 2. The molecule has 0 aromatic carbocycles. The number of hydrogen-bond acceptors (Lipinski definition) is 11. The summed E-state index contributed by atoms with van der Waals surface area (Å²) in [5, 5.41) is 31.7. The zero-order valence-corrected chi connectivity index (χ0v) is 55.9. The van der Waals surface area contributed by atoms with Gasteiger partial charge in [-0.2, -0.15) is 0 Å². The zero-order valence-electron chi connectivity index (χ0n) is 55.9. The van der Waals surface area contributed by atoms with Crippen molar-refractivity contribution in [2.45, 2.75) is 430 Å². The highest BCUT2D eigenvalue weighted by atomic mass is 16.7. The summed E-state index contributed by atoms with van der Waals surface area (Å²) in [4.78, 5) is 51.5. The molecule has 3 N–H and O–H groups in total. The number of carboxylic acids is 1. The lowest BCUT2D eigenvalue weighted by Gasteiger charge is -2.40. The van der Waals surface area contributed by atoms with Crippen LogP contribution in [0.4, 0.5) is 0 Å². The van der Waals surface area contributed by atoms with E-state index in [9.17, 15) is 34.5 Å². The monoisotopic (exact) mass is 1210 g/mol. The predicted molar refractivity (Wildman–Crippen MR) is 350 cm³/mol. The van der Waals surface area contributed by atoms with E-state index in [4.69, 9.17) is 23.7 Å². The van der Waals surface area contributed by atoms with E-state index in [1.165, 1.54) is 276 Å². The molecule has 6 unspecified atom stereocenters. The largest absolute Gasteiger partial charge is 0.479 e. The van der Waals surface area contributed by atoms with Crippen LogP contribution < -0.4 is 0 Å². The molecule has 1 rings (SSSR count). The highest BCUT2D eigenvalue weighted by Crippen LogP contribution is 2.27. The van der Waals surface area contributed by atoms with Crippen LogP contribution in [0, 0.1) is 0 Å². The third-order valence-electron chi connectivity index (χ3n) is 17.7. The van der Waals surface area contributed by atoms with Gasteiger partial charge in [0.15, 0.2) is 24.6 Å². The van der Waals surface area contributed by atoms with Crippen molar-refractivity contribution in [1.29, 1.82) is 0 Å². The lowest BCUT2D eigenvalue weighted by molar-refractivity contribution is -0.301. The molecule has 0 saturated carbocycles. The van der Waals surface area contributed by atoms with Crippen LogP contribution in [0.2, 0.25) is 0 Å². The molecule has 0 aliphatic carbocycles. The first-order valence-corrected chi connectivity index (χ1v) is 37.0. The number of ether oxygens (including phenoxy) is 5. The van der Waals surface area contributed by atoms with E-state index in [1.807, 2.05) is 0 Å². The molecule has 0 bridgehead atoms. The average molecular weight is 1210 g/mol. The number of carbonyl (C=O) groups is 4. The molecule has 1 fully saturated rings. The zero-order chi connectivity index (χ0) is 61.7. The third kappa shape index (κ3) is 51.2. The van der Waals surface area contributed by atoms with Gasteiger partial charge >= 0.3 is 23.9 Å². The first-order chi connectivity index (χ1) is 41.6. The maximum Gasteiger partial charge on any atom is 0.335 e. The molecule has 6 atom stereocenters. The van der Waals surface area contributed by atoms with Crippen molar-refractivity contribution in [2.24, 2.45) is 0 Å². The molecule has 1 aliphatic heterocycles. The quantitative estimate of drug-likeness (QED) is 0.0299. The maximum atomic E-state index is 13.3. The van der Waals surface area contributed by atoms with Crippen LogP contribution >= 0.6 is 0 Å². The molecule has 12 heteroatoms. The number of aliphatic carboxylic acids is 1. The number of carboxylic acid groups (broad SMARTS) is 1. The number of unbranched alkanes of at least 4 members (excludes halogenated alkanes) is 52. The Balaban J connectivity index is 2.58. The molecule has 0 amide bonds. The van der Waals surface area contributed by atoms with Crippen molar-refractivity contribution in [2.75, 3.05) is 13.2 Å². The van der Waals surface area contributed by atoms with E-state index in [0.717, 1.165) is 57.8 Å². The summed E-state index contributed by atoms with van der Waals surface area (Å²) >= 11 is 0. The highest BCUT2D eigenvalue weighted by molar-refractivity contribution is 5.74. The fourth-order valence-electron chi connectivity index (χ4n) is 12.0. The lowest BCUT2D eigenvalue weighted by atomic mass is 9.98. The van der Waals surface area contributed by atoms with E-state index < -0.39 is 67.3 Å². The predicted octanol–water partition coefficient (Wildman–Crippen LogP) is 20.6. The minimum atomic E-state index is -1.90. The van der Waals surface area contributed by atoms with Gasteiger partial charge in [0.1, 0.15) is 18.8 Å². The average Bonchev–Trinajstić information content (AvgIpc) is 3.46. The second-order valence-corrected chi connectivity index (χ2v) is 26.0. The van der Waals surface area contributed by atoms with Crippen molar-refractivity contribution in [3.63, 3.8) is 0 Å². The van der Waals surface area contributed by atoms with Gasteiger partial charge in [0.05, 0.1) is 6.61 Å². The highest BCUT2D eigenvalue weighted by Gasteiger charge is 2.50. The summed E-state index contributed by atoms with van der Waals surface area (Å²) < 4.78 is 28.7. The molecule has 0 spiro atoms. The standard InChI is InChI=1S/C73H138O12/c1-4-7-10-13-16-19-22-25-28-31-33-36-38-41-44-47-50-53-56-59-65(74)81-62-64(83-66(75)60-57-54-51-48-45-42-40-37-34-32-29-26-23-20-17-14-11-8-5-2)63-82-73-71(69(78)68(77)70(85-73)72(79)80)84-67(76)61-58-55-52-49-46-43-39-35-30-27-24-21-18-15-12-9-6-3/h64,68-71,73,77-78H,4-63H2,1-3H3,(H,79,80). The summed E-state index contributed by atoms with van der Waals surface area (Å²) in [7, 11) is 0. The molecular weight excluding hydrogens is 1070 g/mol. The van der Waals surface area contributed by atoms with Gasteiger partial charge in [0.2, 0.25) is 0 Å². The van der Waals surface area contributed by atoms with E-state index in [1.54, 1.807) is 0 Å². The molecule has 1 heterocycles. The fraction of sp³-hybridized carbons (Fsp3) is 0.945. The SMILES string of the molecule is CCCCCCCCCCCCCCCCCCCCCC(=O)OCC(COC1OC(C(=O)O)C(O)C(O)C1OC(=O)CCCCCCCCCCCCCCCCCCC)OC(=O)CCCCCCCCCCCCCCCCCCCCC. The minimum Gasteiger partial charge on any atom is -0.479 e. The van der Waals surface area contributed by atoms with Crippen LogP contribution in [-0.4, -0.2) is 89.2 Å². The van der Waals surface area contributed by atoms with E-state index in [0.29, 0.717) is 19.3 Å². The summed E-state index contributed by atoms with van der Waals surface area (Å²) in [5.74, 6) is -3.05. The Kier molecular flexibility index (Phi) is 58.8. The third-order valence-corrected chi connectivity index (χ3v) is 17.7. The number of esters is 3. The van der Waals surface area contributed by atoms with Crippen molar-refractivity contribution < 1.29 is 58.2 Å². The first kappa shape index (κ1) is 80.7. The summed E-state index contributed by atoms with van der Waals surface area (Å²) in [6.45, 7) is 6.11. The molecule has 0 radical (unpaired) electrons. The van der Waals surface area contributed by atoms with Crippen molar-refractivity contribution >= 4 is 23.9 Å². The summed E-state index contributed by atoms with van der Waals surface area (Å²) in [6.07, 6.45) is 59.2. The molecule has 85 heavy (non-hydrogen) atoms. The van der Waals surface area contributed by atoms with Gasteiger partial charge in [0.25, 0.3) is 0 Å². The maximum absolute atomic E-state index is 13.3. The van der Waals surface area contributed by atoms with Gasteiger partial charge < -0.3 is 39.0 Å². The topological polar surface area (TPSA) is 175 Å². The normalized spacial score (nSPS) is 17.3. The van der Waals surface area contributed by atoms with Crippen LogP contribution in [0.1, 0.15) is 393 Å². The molecule has 0 aromatic heterocycles. The summed E-state index contributed by atoms with van der Waals surface area (Å²) in [5.41, 5.74) is 0. The molecule has 1 saturated heterocycles. The van der Waals surface area contributed by atoms with Gasteiger partial charge in [-0.3, -0.25) is 14.4 Å². The number of rotatable bonds is 66. The van der Waals surface area contributed by atoms with E-state index in [2.05, 4.69) is 20.8 Å². The Morgan fingerprint density at radius 3 is 0.882 bits per heavy atom. The van der Waals surface area contributed by atoms with Crippen LogP contribution in [0.25, 0.3) is 0 Å². The molecular formula is C73H138O12. The molecule has 0 aromatic rings. The Morgan fingerprint density at radius 2 is 0.600 bits per heavy atom. The van der Waals surface area contributed by atoms with Crippen molar-refractivity contribution in [3.05, 3.63) is 0 Å². The van der Waals surface area contributed by atoms with Gasteiger partial charge in [-0.25, -0.2) is 4.79 Å². The van der Waals surface area contributed by atoms with E-state index in [-0.39, 0.29) is 25.9 Å². The first-order valence-electron chi connectivity index (χ1n) is 37.0. The Labute approximate surface area is 523 Å². The molecule has 12 nitrogen and oxygen atoms in total. The van der Waals surface area contributed by atoms with Crippen LogP contribution in [0.15, 0.2) is 0 Å². The number of hydrogen-bond donors (Lipinski definition) is 3. The van der Waals surface area contributed by atoms with Crippen molar-refractivity contribution in [3.8, 4) is 0 Å². The second kappa shape index (κ2) is 61.9. The Hall–Kier alpha value is -2.28. The van der Waals surface area contributed by atoms with Crippen LogP contribution in [0.5, 0.6) is 0 Å². The minimum absolute atomic E-state index is 0.0716.